The van der Waals surface area contributed by atoms with Gasteiger partial charge in [0.1, 0.15) is 49.0 Å². The predicted octanol–water partition coefficient (Wildman–Crippen LogP) is 7.16. The molecule has 3 rings (SSSR count). The van der Waals surface area contributed by atoms with Gasteiger partial charge in [-0.25, -0.2) is 14.4 Å². The molecule has 0 fully saturated rings. The highest BCUT2D eigenvalue weighted by atomic mass is 16.6. The van der Waals surface area contributed by atoms with Crippen molar-refractivity contribution in [2.24, 2.45) is 29.4 Å². The molecule has 21 nitrogen and oxygen atoms in total. The summed E-state index contributed by atoms with van der Waals surface area (Å²) < 4.78 is 11.7. The number of alkyl carbamates (subject to hydrolysis) is 1. The van der Waals surface area contributed by atoms with E-state index in [9.17, 15) is 58.2 Å². The molecule has 456 valence electrons. The zero-order valence-corrected chi connectivity index (χ0v) is 49.6. The van der Waals surface area contributed by atoms with Crippen LogP contribution in [0.5, 0.6) is 0 Å². The summed E-state index contributed by atoms with van der Waals surface area (Å²) in [6.45, 7) is 16.0. The van der Waals surface area contributed by atoms with E-state index in [0.717, 1.165) is 67.2 Å². The number of carbonyl (C=O) groups excluding carboxylic acids is 8. The first-order chi connectivity index (χ1) is 38.9. The van der Waals surface area contributed by atoms with Gasteiger partial charge in [-0.3, -0.25) is 33.6 Å². The Morgan fingerprint density at radius 2 is 1.07 bits per heavy atom. The van der Waals surface area contributed by atoms with Crippen molar-refractivity contribution in [3.05, 3.63) is 59.7 Å². The Balaban J connectivity index is 1.81. The molecule has 1 unspecified atom stereocenters. The van der Waals surface area contributed by atoms with Gasteiger partial charge in [0.2, 0.25) is 35.4 Å². The van der Waals surface area contributed by atoms with Crippen LogP contribution in [0.4, 0.5) is 4.79 Å². The van der Waals surface area contributed by atoms with Crippen molar-refractivity contribution in [1.29, 1.82) is 0 Å². The molecule has 8 atom stereocenters. The van der Waals surface area contributed by atoms with Crippen LogP contribution in [-0.2, 0) is 52.6 Å². The number of esters is 1. The molecular formula is C61H93N7O14. The second kappa shape index (κ2) is 35.7. The van der Waals surface area contributed by atoms with Gasteiger partial charge in [0, 0.05) is 12.3 Å². The molecule has 7 amide bonds. The smallest absolute Gasteiger partial charge is 0.407 e. The molecule has 0 aromatic heterocycles. The first-order valence-corrected chi connectivity index (χ1v) is 29.4. The molecule has 1 aliphatic carbocycles. The number of primary amides is 1. The fourth-order valence-corrected chi connectivity index (χ4v) is 9.95. The minimum Gasteiger partial charge on any atom is -0.481 e. The van der Waals surface area contributed by atoms with Crippen LogP contribution >= 0.6 is 0 Å². The number of amides is 7. The Labute approximate surface area is 483 Å². The molecule has 21 heteroatoms. The SMILES string of the molecule is CCCCCCCCCCCC(CC(=O)N[C@@H](CCC(N)=O)C(=O)N[C@@H](CC(C)C)C(=O)O)OC(=O)[C@@H](NC(=O)[C@@H](CC(C)C)NC(=O)[C@H](CC(=O)O)NC(=O)[C@@H](NC(=O)OCC1c2ccccc2-c2ccccc21)C(C)C)[C@@H](C)CC. The fourth-order valence-electron chi connectivity index (χ4n) is 9.95. The molecule has 2 aromatic carbocycles. The van der Waals surface area contributed by atoms with Crippen LogP contribution in [0.25, 0.3) is 11.1 Å². The topological polar surface area (TPSA) is 328 Å². The van der Waals surface area contributed by atoms with Crippen LogP contribution in [0.3, 0.4) is 0 Å². The number of nitrogens with two attached hydrogens (primary N) is 1. The summed E-state index contributed by atoms with van der Waals surface area (Å²) in [5.74, 6) is -10.3. The number of ether oxygens (including phenoxy) is 2. The van der Waals surface area contributed by atoms with Crippen molar-refractivity contribution in [1.82, 2.24) is 31.9 Å². The van der Waals surface area contributed by atoms with E-state index in [4.69, 9.17) is 15.2 Å². The van der Waals surface area contributed by atoms with Crippen LogP contribution in [0.15, 0.2) is 48.5 Å². The number of aliphatic carboxylic acids is 2. The van der Waals surface area contributed by atoms with E-state index >= 15 is 0 Å². The monoisotopic (exact) mass is 1150 g/mol. The molecule has 0 bridgehead atoms. The molecule has 0 saturated carbocycles. The van der Waals surface area contributed by atoms with Gasteiger partial charge in [-0.05, 0) is 78.0 Å². The number of carboxylic acid groups (broad SMARTS) is 2. The highest BCUT2D eigenvalue weighted by molar-refractivity contribution is 5.97. The molecule has 1 aliphatic rings. The van der Waals surface area contributed by atoms with Crippen LogP contribution in [0, 0.1) is 23.7 Å². The van der Waals surface area contributed by atoms with Crippen molar-refractivity contribution >= 4 is 59.4 Å². The van der Waals surface area contributed by atoms with Crippen LogP contribution in [0.2, 0.25) is 0 Å². The summed E-state index contributed by atoms with van der Waals surface area (Å²) in [5, 5.41) is 35.1. The van der Waals surface area contributed by atoms with Gasteiger partial charge in [0.05, 0.1) is 12.8 Å². The molecular weight excluding hydrogens is 1050 g/mol. The molecule has 0 radical (unpaired) electrons. The number of rotatable bonds is 39. The van der Waals surface area contributed by atoms with Gasteiger partial charge in [-0.1, -0.05) is 169 Å². The number of carboxylic acids is 2. The van der Waals surface area contributed by atoms with Crippen molar-refractivity contribution in [2.75, 3.05) is 6.61 Å². The lowest BCUT2D eigenvalue weighted by atomic mass is 9.97. The van der Waals surface area contributed by atoms with E-state index in [1.807, 2.05) is 48.5 Å². The van der Waals surface area contributed by atoms with Gasteiger partial charge in [-0.2, -0.15) is 0 Å². The summed E-state index contributed by atoms with van der Waals surface area (Å²) in [4.78, 5) is 133. The molecule has 0 spiro atoms. The highest BCUT2D eigenvalue weighted by Gasteiger charge is 2.37. The van der Waals surface area contributed by atoms with Gasteiger partial charge < -0.3 is 57.3 Å². The average molecular weight is 1150 g/mol. The largest absolute Gasteiger partial charge is 0.481 e. The standard InChI is InChI=1S/C61H93N7O14/c1-10-12-13-14-15-16-17-18-19-24-40(33-51(70)63-46(29-30-50(62)69)55(73)66-49(59(77)78)32-37(5)6)82-60(79)54(39(9)11-2)67-57(75)47(31-36(3)4)64-56(74)48(34-52(71)72)65-58(76)53(38(7)8)68-61(80)81-35-45-43-27-22-20-25-41(43)42-26-21-23-28-44(42)45/h20-23,25-28,36-40,45-49,53-54H,10-19,24,29-35H2,1-9H3,(H2,62,69)(H,63,70)(H,64,74)(H,65,76)(H,66,73)(H,67,75)(H,68,80)(H,71,72)(H,77,78)/t39-,40?,46-,47+,48-,49-,53-,54-/m0/s1. The number of carbonyl (C=O) groups is 10. The van der Waals surface area contributed by atoms with E-state index in [1.54, 1.807) is 55.4 Å². The fraction of sp³-hybridized carbons (Fsp3) is 0.639. The van der Waals surface area contributed by atoms with Crippen LogP contribution < -0.4 is 37.6 Å². The summed E-state index contributed by atoms with van der Waals surface area (Å²) in [7, 11) is 0. The van der Waals surface area contributed by atoms with E-state index in [2.05, 4.69) is 38.8 Å². The van der Waals surface area contributed by atoms with Crippen molar-refractivity contribution in [2.45, 2.75) is 220 Å². The van der Waals surface area contributed by atoms with E-state index < -0.39 is 126 Å². The lowest BCUT2D eigenvalue weighted by Crippen LogP contribution is -2.59. The van der Waals surface area contributed by atoms with Gasteiger partial charge in [0.25, 0.3) is 0 Å². The molecule has 2 aromatic rings. The first-order valence-electron chi connectivity index (χ1n) is 29.4. The zero-order valence-electron chi connectivity index (χ0n) is 49.6. The maximum Gasteiger partial charge on any atom is 0.407 e. The number of hydrogen-bond donors (Lipinski definition) is 9. The third kappa shape index (κ3) is 23.8. The Morgan fingerprint density at radius 3 is 1.60 bits per heavy atom. The van der Waals surface area contributed by atoms with Gasteiger partial charge >= 0.3 is 24.0 Å². The lowest BCUT2D eigenvalue weighted by molar-refractivity contribution is -0.156. The lowest BCUT2D eigenvalue weighted by Gasteiger charge is -2.29. The Morgan fingerprint density at radius 1 is 0.561 bits per heavy atom. The van der Waals surface area contributed by atoms with E-state index in [1.165, 1.54) is 6.42 Å². The Bertz CT molecular complexity index is 2400. The maximum absolute atomic E-state index is 14.4. The summed E-state index contributed by atoms with van der Waals surface area (Å²) >= 11 is 0. The maximum atomic E-state index is 14.4. The van der Waals surface area contributed by atoms with Crippen molar-refractivity contribution in [3.63, 3.8) is 0 Å². The number of hydrogen-bond acceptors (Lipinski definition) is 12. The van der Waals surface area contributed by atoms with E-state index in [0.29, 0.717) is 12.8 Å². The van der Waals surface area contributed by atoms with Crippen molar-refractivity contribution in [3.8, 4) is 11.1 Å². The highest BCUT2D eigenvalue weighted by Crippen LogP contribution is 2.44. The second-order valence-electron chi connectivity index (χ2n) is 22.9. The minimum absolute atomic E-state index is 0.0160. The van der Waals surface area contributed by atoms with Crippen molar-refractivity contribution < 1.29 is 67.6 Å². The first kappa shape index (κ1) is 69.2. The summed E-state index contributed by atoms with van der Waals surface area (Å²) in [6, 6.07) is 7.29. The van der Waals surface area contributed by atoms with Crippen LogP contribution in [0.1, 0.15) is 189 Å². The normalized spacial score (nSPS) is 14.8. The molecule has 82 heavy (non-hydrogen) atoms. The zero-order chi connectivity index (χ0) is 61.1. The van der Waals surface area contributed by atoms with Crippen LogP contribution in [-0.4, -0.2) is 119 Å². The van der Waals surface area contributed by atoms with E-state index in [-0.39, 0.29) is 56.5 Å². The van der Waals surface area contributed by atoms with Gasteiger partial charge in [-0.15, -0.1) is 0 Å². The predicted molar refractivity (Wildman–Crippen MR) is 310 cm³/mol. The number of unbranched alkanes of at least 4 members (excludes halogenated alkanes) is 8. The molecule has 0 saturated heterocycles. The number of benzene rings is 2. The Hall–Kier alpha value is -7.06. The minimum atomic E-state index is -1.72. The van der Waals surface area contributed by atoms with Gasteiger partial charge in [0.15, 0.2) is 0 Å². The average Bonchev–Trinajstić information content (AvgIpc) is 4.02. The Kier molecular flexibility index (Phi) is 30.1. The summed E-state index contributed by atoms with van der Waals surface area (Å²) in [5.41, 5.74) is 9.40. The summed E-state index contributed by atoms with van der Waals surface area (Å²) in [6.07, 6.45) is 5.75. The molecule has 10 N–H and O–H groups in total. The number of fused-ring (bicyclic) bond motifs is 3. The number of nitrogens with one attached hydrogen (secondary N) is 6. The quantitative estimate of drug-likeness (QED) is 0.0237. The second-order valence-corrected chi connectivity index (χ2v) is 22.9. The third-order valence-electron chi connectivity index (χ3n) is 14.7. The third-order valence-corrected chi connectivity index (χ3v) is 14.7. The molecule has 0 aliphatic heterocycles. The molecule has 0 heterocycles.